The highest BCUT2D eigenvalue weighted by atomic mass is 16.5. The van der Waals surface area contributed by atoms with Gasteiger partial charge in [-0.05, 0) is 23.9 Å². The molecule has 1 aliphatic rings. The number of aromatic amines is 1. The second kappa shape index (κ2) is 4.92. The fraction of sp³-hybridized carbons (Fsp3) is 0.357. The van der Waals surface area contributed by atoms with Crippen molar-refractivity contribution in [2.45, 2.75) is 12.5 Å². The van der Waals surface area contributed by atoms with Gasteiger partial charge in [0.2, 0.25) is 0 Å². The summed E-state index contributed by atoms with van der Waals surface area (Å²) in [5.74, 6) is 0. The van der Waals surface area contributed by atoms with Crippen molar-refractivity contribution in [3.8, 4) is 0 Å². The molecule has 4 heteroatoms. The predicted molar refractivity (Wildman–Crippen MR) is 70.9 cm³/mol. The number of nitrogens with one attached hydrogen (secondary N) is 2. The van der Waals surface area contributed by atoms with Gasteiger partial charge in [0.05, 0.1) is 13.2 Å². The zero-order valence-corrected chi connectivity index (χ0v) is 10.1. The van der Waals surface area contributed by atoms with Crippen molar-refractivity contribution in [1.29, 1.82) is 0 Å². The largest absolute Gasteiger partial charge is 0.379 e. The first-order valence-electron chi connectivity index (χ1n) is 6.25. The minimum absolute atomic E-state index is 0.000994. The number of aromatic nitrogens is 1. The molecule has 0 spiro atoms. The average molecular weight is 244 g/mol. The summed E-state index contributed by atoms with van der Waals surface area (Å²) in [7, 11) is 0. The average Bonchev–Trinajstić information content (AvgIpc) is 2.41. The molecule has 2 N–H and O–H groups in total. The summed E-state index contributed by atoms with van der Waals surface area (Å²) < 4.78 is 5.41. The highest BCUT2D eigenvalue weighted by Crippen LogP contribution is 2.11. The summed E-state index contributed by atoms with van der Waals surface area (Å²) in [4.78, 5) is 14.9. The van der Waals surface area contributed by atoms with Crippen molar-refractivity contribution in [3.63, 3.8) is 0 Å². The molecule has 0 radical (unpaired) electrons. The predicted octanol–water partition coefficient (Wildman–Crippen LogP) is 1.06. The summed E-state index contributed by atoms with van der Waals surface area (Å²) in [6.07, 6.45) is 0.708. The second-order valence-corrected chi connectivity index (χ2v) is 4.64. The van der Waals surface area contributed by atoms with Crippen molar-refractivity contribution in [1.82, 2.24) is 10.3 Å². The normalized spacial score (nSPS) is 20.1. The monoisotopic (exact) mass is 244 g/mol. The van der Waals surface area contributed by atoms with Crippen LogP contribution in [0, 0.1) is 0 Å². The lowest BCUT2D eigenvalue weighted by Crippen LogP contribution is -2.43. The minimum atomic E-state index is 0.000994. The standard InChI is InChI=1S/C14H16N2O2/c17-14-11(8-12-9-18-6-5-15-12)7-10-3-1-2-4-13(10)16-14/h1-4,7,12,15H,5-6,8-9H2,(H,16,17). The van der Waals surface area contributed by atoms with Gasteiger partial charge in [-0.3, -0.25) is 4.79 Å². The smallest absolute Gasteiger partial charge is 0.251 e. The van der Waals surface area contributed by atoms with Crippen molar-refractivity contribution < 1.29 is 4.74 Å². The van der Waals surface area contributed by atoms with E-state index in [-0.39, 0.29) is 11.6 Å². The van der Waals surface area contributed by atoms with E-state index in [4.69, 9.17) is 4.74 Å². The zero-order chi connectivity index (χ0) is 12.4. The van der Waals surface area contributed by atoms with Crippen LogP contribution in [0.25, 0.3) is 10.9 Å². The SMILES string of the molecule is O=c1[nH]c2ccccc2cc1CC1COCCN1. The van der Waals surface area contributed by atoms with E-state index in [2.05, 4.69) is 10.3 Å². The van der Waals surface area contributed by atoms with Crippen LogP contribution in [-0.2, 0) is 11.2 Å². The molecular weight excluding hydrogens is 228 g/mol. The fourth-order valence-corrected chi connectivity index (χ4v) is 2.36. The van der Waals surface area contributed by atoms with E-state index >= 15 is 0 Å². The van der Waals surface area contributed by atoms with E-state index in [9.17, 15) is 4.79 Å². The van der Waals surface area contributed by atoms with Gasteiger partial charge in [0.15, 0.2) is 0 Å². The van der Waals surface area contributed by atoms with Crippen LogP contribution in [-0.4, -0.2) is 30.8 Å². The Morgan fingerprint density at radius 2 is 2.22 bits per heavy atom. The van der Waals surface area contributed by atoms with Crippen molar-refractivity contribution in [2.75, 3.05) is 19.8 Å². The summed E-state index contributed by atoms with van der Waals surface area (Å²) in [6, 6.07) is 10.0. The molecule has 0 amide bonds. The molecule has 1 atom stereocenters. The first-order valence-corrected chi connectivity index (χ1v) is 6.25. The lowest BCUT2D eigenvalue weighted by atomic mass is 10.1. The molecule has 1 aromatic heterocycles. The van der Waals surface area contributed by atoms with Crippen LogP contribution in [0.5, 0.6) is 0 Å². The molecule has 0 aliphatic carbocycles. The van der Waals surface area contributed by atoms with Gasteiger partial charge in [-0.15, -0.1) is 0 Å². The lowest BCUT2D eigenvalue weighted by Gasteiger charge is -2.23. The van der Waals surface area contributed by atoms with Gasteiger partial charge in [-0.25, -0.2) is 0 Å². The number of pyridine rings is 1. The second-order valence-electron chi connectivity index (χ2n) is 4.64. The van der Waals surface area contributed by atoms with Crippen LogP contribution in [0.15, 0.2) is 35.1 Å². The van der Waals surface area contributed by atoms with E-state index in [0.29, 0.717) is 13.0 Å². The van der Waals surface area contributed by atoms with Gasteiger partial charge in [-0.1, -0.05) is 18.2 Å². The van der Waals surface area contributed by atoms with Crippen LogP contribution < -0.4 is 10.9 Å². The third-order valence-corrected chi connectivity index (χ3v) is 3.30. The maximum Gasteiger partial charge on any atom is 0.251 e. The number of fused-ring (bicyclic) bond motifs is 1. The number of hydrogen-bond donors (Lipinski definition) is 2. The Kier molecular flexibility index (Phi) is 3.13. The molecule has 4 nitrogen and oxygen atoms in total. The molecule has 18 heavy (non-hydrogen) atoms. The molecule has 1 aliphatic heterocycles. The van der Waals surface area contributed by atoms with Crippen LogP contribution in [0.2, 0.25) is 0 Å². The summed E-state index contributed by atoms with van der Waals surface area (Å²) in [5, 5.41) is 4.44. The van der Waals surface area contributed by atoms with Crippen molar-refractivity contribution in [3.05, 3.63) is 46.2 Å². The van der Waals surface area contributed by atoms with Gasteiger partial charge in [-0.2, -0.15) is 0 Å². The van der Waals surface area contributed by atoms with Gasteiger partial charge in [0.1, 0.15) is 0 Å². The molecule has 94 valence electrons. The molecule has 0 saturated carbocycles. The van der Waals surface area contributed by atoms with Crippen LogP contribution >= 0.6 is 0 Å². The molecule has 1 saturated heterocycles. The molecule has 3 rings (SSSR count). The Balaban J connectivity index is 1.91. The molecule has 2 aromatic rings. The molecule has 1 unspecified atom stereocenters. The lowest BCUT2D eigenvalue weighted by molar-refractivity contribution is 0.0769. The first kappa shape index (κ1) is 11.4. The number of para-hydroxylation sites is 1. The molecular formula is C14H16N2O2. The number of ether oxygens (including phenoxy) is 1. The third kappa shape index (κ3) is 2.30. The maximum atomic E-state index is 12.0. The van der Waals surface area contributed by atoms with E-state index in [0.717, 1.165) is 29.6 Å². The Labute approximate surface area is 105 Å². The highest BCUT2D eigenvalue weighted by Gasteiger charge is 2.15. The Bertz CT molecular complexity index is 600. The minimum Gasteiger partial charge on any atom is -0.379 e. The Hall–Kier alpha value is -1.65. The van der Waals surface area contributed by atoms with Gasteiger partial charge in [0.25, 0.3) is 5.56 Å². The van der Waals surface area contributed by atoms with Crippen molar-refractivity contribution >= 4 is 10.9 Å². The van der Waals surface area contributed by atoms with E-state index in [1.807, 2.05) is 30.3 Å². The number of morpholine rings is 1. The van der Waals surface area contributed by atoms with Gasteiger partial charge >= 0.3 is 0 Å². The summed E-state index contributed by atoms with van der Waals surface area (Å²) >= 11 is 0. The maximum absolute atomic E-state index is 12.0. The molecule has 0 bridgehead atoms. The van der Waals surface area contributed by atoms with E-state index in [1.165, 1.54) is 0 Å². The van der Waals surface area contributed by atoms with Crippen LogP contribution in [0.4, 0.5) is 0 Å². The van der Waals surface area contributed by atoms with Gasteiger partial charge < -0.3 is 15.0 Å². The number of rotatable bonds is 2. The molecule has 1 aromatic carbocycles. The number of hydrogen-bond acceptors (Lipinski definition) is 3. The van der Waals surface area contributed by atoms with E-state index in [1.54, 1.807) is 0 Å². The topological polar surface area (TPSA) is 54.1 Å². The summed E-state index contributed by atoms with van der Waals surface area (Å²) in [5.41, 5.74) is 1.71. The molecule has 2 heterocycles. The quantitative estimate of drug-likeness (QED) is 0.830. The van der Waals surface area contributed by atoms with Crippen LogP contribution in [0.1, 0.15) is 5.56 Å². The highest BCUT2D eigenvalue weighted by molar-refractivity contribution is 5.78. The van der Waals surface area contributed by atoms with Crippen LogP contribution in [0.3, 0.4) is 0 Å². The Morgan fingerprint density at radius 1 is 1.33 bits per heavy atom. The van der Waals surface area contributed by atoms with Gasteiger partial charge in [0, 0.05) is 23.7 Å². The zero-order valence-electron chi connectivity index (χ0n) is 10.1. The molecule has 1 fully saturated rings. The van der Waals surface area contributed by atoms with E-state index < -0.39 is 0 Å². The summed E-state index contributed by atoms with van der Waals surface area (Å²) in [6.45, 7) is 2.28. The first-order chi connectivity index (χ1) is 8.83. The third-order valence-electron chi connectivity index (χ3n) is 3.30. The fourth-order valence-electron chi connectivity index (χ4n) is 2.36. The number of H-pyrrole nitrogens is 1. The Morgan fingerprint density at radius 3 is 3.06 bits per heavy atom. The van der Waals surface area contributed by atoms with Crippen molar-refractivity contribution in [2.24, 2.45) is 0 Å². The number of benzene rings is 1.